The summed E-state index contributed by atoms with van der Waals surface area (Å²) in [6, 6.07) is 13.5. The largest absolute Gasteiger partial charge is 0.494 e. The van der Waals surface area contributed by atoms with Crippen LogP contribution in [-0.4, -0.2) is 25.4 Å². The number of methoxy groups -OCH3 is 1. The first-order valence-corrected chi connectivity index (χ1v) is 7.56. The van der Waals surface area contributed by atoms with Gasteiger partial charge in [-0.15, -0.1) is 0 Å². The molecular weight excluding hydrogens is 292 g/mol. The molecule has 0 radical (unpaired) electrons. The van der Waals surface area contributed by atoms with Crippen LogP contribution in [0.25, 0.3) is 6.08 Å². The van der Waals surface area contributed by atoms with Gasteiger partial charge in [-0.25, -0.2) is 0 Å². The molecule has 2 aromatic carbocycles. The molecule has 0 saturated heterocycles. The third kappa shape index (κ3) is 5.04. The Morgan fingerprint density at radius 2 is 1.78 bits per heavy atom. The van der Waals surface area contributed by atoms with Crippen LogP contribution in [-0.2, 0) is 6.61 Å². The first-order chi connectivity index (χ1) is 11.3. The van der Waals surface area contributed by atoms with Crippen LogP contribution < -0.4 is 14.2 Å². The van der Waals surface area contributed by atoms with Gasteiger partial charge >= 0.3 is 0 Å². The zero-order valence-corrected chi connectivity index (χ0v) is 13.5. The van der Waals surface area contributed by atoms with Crippen molar-refractivity contribution in [3.05, 3.63) is 59.7 Å². The van der Waals surface area contributed by atoms with E-state index in [1.807, 2.05) is 55.5 Å². The minimum absolute atomic E-state index is 0.00833. The highest BCUT2D eigenvalue weighted by Crippen LogP contribution is 2.29. The molecule has 0 bridgehead atoms. The van der Waals surface area contributed by atoms with Crippen molar-refractivity contribution in [2.24, 2.45) is 0 Å². The number of rotatable bonds is 8. The van der Waals surface area contributed by atoms with Crippen molar-refractivity contribution in [3.63, 3.8) is 0 Å². The van der Waals surface area contributed by atoms with Gasteiger partial charge in [0.15, 0.2) is 11.5 Å². The zero-order chi connectivity index (χ0) is 16.5. The molecule has 0 spiro atoms. The molecule has 1 N–H and O–H groups in total. The number of aliphatic hydroxyl groups excluding tert-OH is 1. The molecule has 0 aliphatic heterocycles. The van der Waals surface area contributed by atoms with Gasteiger partial charge in [0.1, 0.15) is 12.4 Å². The lowest BCUT2D eigenvalue weighted by atomic mass is 10.2. The van der Waals surface area contributed by atoms with Gasteiger partial charge in [0.2, 0.25) is 0 Å². The molecule has 0 atom stereocenters. The highest BCUT2D eigenvalue weighted by atomic mass is 16.5. The molecular formula is C19H22O4. The average molecular weight is 314 g/mol. The molecule has 4 heteroatoms. The fraction of sp³-hybridized carbons (Fsp3) is 0.263. The summed E-state index contributed by atoms with van der Waals surface area (Å²) in [4.78, 5) is 0. The van der Waals surface area contributed by atoms with Gasteiger partial charge < -0.3 is 19.3 Å². The van der Waals surface area contributed by atoms with Crippen molar-refractivity contribution in [1.82, 2.24) is 0 Å². The molecule has 0 fully saturated rings. The fourth-order valence-corrected chi connectivity index (χ4v) is 2.11. The van der Waals surface area contributed by atoms with Crippen LogP contribution in [0.4, 0.5) is 0 Å². The SMILES string of the molecule is CCOc1ccc(COc2cc(C=CCO)ccc2OC)cc1. The minimum Gasteiger partial charge on any atom is -0.494 e. The Bertz CT molecular complexity index is 632. The Morgan fingerprint density at radius 1 is 1.00 bits per heavy atom. The van der Waals surface area contributed by atoms with Crippen LogP contribution in [0.2, 0.25) is 0 Å². The van der Waals surface area contributed by atoms with E-state index in [9.17, 15) is 0 Å². The van der Waals surface area contributed by atoms with E-state index in [2.05, 4.69) is 0 Å². The van der Waals surface area contributed by atoms with E-state index in [4.69, 9.17) is 19.3 Å². The number of ether oxygens (including phenoxy) is 3. The summed E-state index contributed by atoms with van der Waals surface area (Å²) in [6.45, 7) is 3.06. The molecule has 0 amide bonds. The summed E-state index contributed by atoms with van der Waals surface area (Å²) in [5, 5.41) is 8.86. The van der Waals surface area contributed by atoms with E-state index >= 15 is 0 Å². The molecule has 0 saturated carbocycles. The second-order valence-electron chi connectivity index (χ2n) is 4.86. The summed E-state index contributed by atoms with van der Waals surface area (Å²) >= 11 is 0. The van der Waals surface area contributed by atoms with Crippen LogP contribution in [0, 0.1) is 0 Å². The standard InChI is InChI=1S/C19H22O4/c1-3-22-17-9-6-16(7-10-17)14-23-19-13-15(5-4-12-20)8-11-18(19)21-2/h4-11,13,20H,3,12,14H2,1-2H3. The molecule has 2 aromatic rings. The fourth-order valence-electron chi connectivity index (χ4n) is 2.11. The van der Waals surface area contributed by atoms with Gasteiger partial charge in [0.25, 0.3) is 0 Å². The maximum Gasteiger partial charge on any atom is 0.162 e. The number of hydrogen-bond donors (Lipinski definition) is 1. The molecule has 122 valence electrons. The second kappa shape index (κ2) is 8.86. The number of benzene rings is 2. The summed E-state index contributed by atoms with van der Waals surface area (Å²) in [5.41, 5.74) is 1.99. The van der Waals surface area contributed by atoms with Crippen LogP contribution in [0.3, 0.4) is 0 Å². The van der Waals surface area contributed by atoms with Crippen LogP contribution in [0.15, 0.2) is 48.5 Å². The lowest BCUT2D eigenvalue weighted by Crippen LogP contribution is -1.98. The van der Waals surface area contributed by atoms with Gasteiger partial charge in [-0.05, 0) is 42.3 Å². The monoisotopic (exact) mass is 314 g/mol. The quantitative estimate of drug-likeness (QED) is 0.807. The summed E-state index contributed by atoms with van der Waals surface area (Å²) in [5.74, 6) is 2.20. The molecule has 0 aromatic heterocycles. The third-order valence-corrected chi connectivity index (χ3v) is 3.23. The van der Waals surface area contributed by atoms with E-state index in [1.54, 1.807) is 13.2 Å². The van der Waals surface area contributed by atoms with Crippen LogP contribution in [0.1, 0.15) is 18.1 Å². The molecule has 0 aliphatic rings. The number of hydrogen-bond acceptors (Lipinski definition) is 4. The zero-order valence-electron chi connectivity index (χ0n) is 13.5. The third-order valence-electron chi connectivity index (χ3n) is 3.23. The Balaban J connectivity index is 2.07. The van der Waals surface area contributed by atoms with Crippen molar-refractivity contribution >= 4 is 6.08 Å². The van der Waals surface area contributed by atoms with Crippen molar-refractivity contribution in [3.8, 4) is 17.2 Å². The molecule has 4 nitrogen and oxygen atoms in total. The highest BCUT2D eigenvalue weighted by Gasteiger charge is 2.05. The van der Waals surface area contributed by atoms with Crippen LogP contribution >= 0.6 is 0 Å². The Kier molecular flexibility index (Phi) is 6.51. The average Bonchev–Trinajstić information content (AvgIpc) is 2.59. The van der Waals surface area contributed by atoms with Gasteiger partial charge in [-0.2, -0.15) is 0 Å². The maximum atomic E-state index is 8.86. The van der Waals surface area contributed by atoms with Crippen molar-refractivity contribution < 1.29 is 19.3 Å². The first-order valence-electron chi connectivity index (χ1n) is 7.56. The lowest BCUT2D eigenvalue weighted by Gasteiger charge is -2.12. The molecule has 0 unspecified atom stereocenters. The van der Waals surface area contributed by atoms with Crippen molar-refractivity contribution in [2.75, 3.05) is 20.3 Å². The Morgan fingerprint density at radius 3 is 2.43 bits per heavy atom. The van der Waals surface area contributed by atoms with E-state index in [-0.39, 0.29) is 6.61 Å². The normalized spacial score (nSPS) is 10.7. The van der Waals surface area contributed by atoms with E-state index in [0.717, 1.165) is 16.9 Å². The predicted octanol–water partition coefficient (Wildman–Crippen LogP) is 3.68. The summed E-state index contributed by atoms with van der Waals surface area (Å²) < 4.78 is 16.6. The molecule has 0 aliphatic carbocycles. The van der Waals surface area contributed by atoms with E-state index in [0.29, 0.717) is 24.7 Å². The van der Waals surface area contributed by atoms with Crippen molar-refractivity contribution in [2.45, 2.75) is 13.5 Å². The van der Waals surface area contributed by atoms with Gasteiger partial charge in [0.05, 0.1) is 20.3 Å². The van der Waals surface area contributed by atoms with E-state index < -0.39 is 0 Å². The second-order valence-corrected chi connectivity index (χ2v) is 4.86. The van der Waals surface area contributed by atoms with Gasteiger partial charge in [-0.1, -0.05) is 30.4 Å². The molecule has 23 heavy (non-hydrogen) atoms. The van der Waals surface area contributed by atoms with Crippen molar-refractivity contribution in [1.29, 1.82) is 0 Å². The molecule has 2 rings (SSSR count). The Hall–Kier alpha value is -2.46. The smallest absolute Gasteiger partial charge is 0.162 e. The number of aliphatic hydroxyl groups is 1. The van der Waals surface area contributed by atoms with E-state index in [1.165, 1.54) is 0 Å². The van der Waals surface area contributed by atoms with Crippen LogP contribution in [0.5, 0.6) is 17.2 Å². The topological polar surface area (TPSA) is 47.9 Å². The summed E-state index contributed by atoms with van der Waals surface area (Å²) in [7, 11) is 1.61. The minimum atomic E-state index is 0.00833. The van der Waals surface area contributed by atoms with Gasteiger partial charge in [0, 0.05) is 0 Å². The Labute approximate surface area is 136 Å². The predicted molar refractivity (Wildman–Crippen MR) is 91.1 cm³/mol. The van der Waals surface area contributed by atoms with Gasteiger partial charge in [-0.3, -0.25) is 0 Å². The first kappa shape index (κ1) is 16.9. The lowest BCUT2D eigenvalue weighted by molar-refractivity contribution is 0.284. The highest BCUT2D eigenvalue weighted by molar-refractivity contribution is 5.56. The maximum absolute atomic E-state index is 8.86. The molecule has 0 heterocycles. The summed E-state index contributed by atoms with van der Waals surface area (Å²) in [6.07, 6.45) is 3.52.